The van der Waals surface area contributed by atoms with Gasteiger partial charge in [-0.15, -0.1) is 0 Å². The normalized spacial score (nSPS) is 12.8. The van der Waals surface area contributed by atoms with Crippen LogP contribution in [0, 0.1) is 11.3 Å². The molecule has 1 unspecified atom stereocenters. The lowest BCUT2D eigenvalue weighted by Gasteiger charge is -2.16. The Morgan fingerprint density at radius 3 is 2.70 bits per heavy atom. The lowest BCUT2D eigenvalue weighted by Crippen LogP contribution is -2.09. The second-order valence-corrected chi connectivity index (χ2v) is 4.27. The fourth-order valence-corrected chi connectivity index (χ4v) is 1.75. The summed E-state index contributed by atoms with van der Waals surface area (Å²) in [6.45, 7) is 1.82. The summed E-state index contributed by atoms with van der Waals surface area (Å²) in [6.07, 6.45) is -1.18. The third-order valence-corrected chi connectivity index (χ3v) is 2.86. The third kappa shape index (κ3) is 2.91. The zero-order valence-corrected chi connectivity index (χ0v) is 10.5. The number of nitrogens with one attached hydrogen (secondary N) is 2. The lowest BCUT2D eigenvalue weighted by molar-refractivity contribution is -0.137. The average molecular weight is 280 g/mol. The van der Waals surface area contributed by atoms with Crippen LogP contribution in [0.15, 0.2) is 30.6 Å². The molecular weight excluding hydrogens is 269 g/mol. The molecule has 104 valence electrons. The predicted octanol–water partition coefficient (Wildman–Crippen LogP) is 3.47. The molecule has 0 saturated carbocycles. The van der Waals surface area contributed by atoms with Gasteiger partial charge in [0.25, 0.3) is 0 Å². The van der Waals surface area contributed by atoms with E-state index in [2.05, 4.69) is 15.5 Å². The fraction of sp³-hybridized carbons (Fsp3) is 0.231. The maximum atomic E-state index is 12.6. The molecule has 0 saturated heterocycles. The van der Waals surface area contributed by atoms with Crippen molar-refractivity contribution >= 4 is 5.69 Å². The number of rotatable bonds is 3. The minimum Gasteiger partial charge on any atom is -0.377 e. The Balaban J connectivity index is 2.27. The van der Waals surface area contributed by atoms with Crippen molar-refractivity contribution in [2.75, 3.05) is 5.32 Å². The number of aromatic nitrogens is 2. The number of alkyl halides is 3. The van der Waals surface area contributed by atoms with E-state index < -0.39 is 11.7 Å². The molecule has 4 nitrogen and oxygen atoms in total. The summed E-state index contributed by atoms with van der Waals surface area (Å²) in [5, 5.41) is 18.4. The summed E-state index contributed by atoms with van der Waals surface area (Å²) in [4.78, 5) is 0. The fourth-order valence-electron chi connectivity index (χ4n) is 1.75. The maximum Gasteiger partial charge on any atom is 0.416 e. The number of H-pyrrole nitrogens is 1. The minimum atomic E-state index is -4.46. The highest BCUT2D eigenvalue weighted by molar-refractivity contribution is 5.59. The van der Waals surface area contributed by atoms with Crippen LogP contribution in [-0.4, -0.2) is 10.2 Å². The second kappa shape index (κ2) is 5.25. The van der Waals surface area contributed by atoms with Crippen molar-refractivity contribution < 1.29 is 13.2 Å². The summed E-state index contributed by atoms with van der Waals surface area (Å²) < 4.78 is 37.7. The standard InChI is InChI=1S/C13H11F3N4/c1-8(10-6-18-19-7-10)20-12-3-2-11(13(14,15)16)4-9(12)5-17/h2-4,6-8,20H,1H3,(H,18,19). The highest BCUT2D eigenvalue weighted by atomic mass is 19.4. The molecule has 0 spiro atoms. The molecule has 0 bridgehead atoms. The third-order valence-electron chi connectivity index (χ3n) is 2.86. The van der Waals surface area contributed by atoms with Gasteiger partial charge in [0.1, 0.15) is 6.07 Å². The van der Waals surface area contributed by atoms with Crippen LogP contribution in [0.25, 0.3) is 0 Å². The van der Waals surface area contributed by atoms with Gasteiger partial charge >= 0.3 is 6.18 Å². The van der Waals surface area contributed by atoms with Crippen LogP contribution in [0.1, 0.15) is 29.7 Å². The van der Waals surface area contributed by atoms with Crippen LogP contribution in [0.3, 0.4) is 0 Å². The molecule has 2 rings (SSSR count). The molecule has 2 aromatic rings. The van der Waals surface area contributed by atoms with Gasteiger partial charge in [-0.05, 0) is 25.1 Å². The van der Waals surface area contributed by atoms with E-state index in [9.17, 15) is 13.2 Å². The van der Waals surface area contributed by atoms with Gasteiger partial charge in [0, 0.05) is 11.8 Å². The van der Waals surface area contributed by atoms with Gasteiger partial charge in [0.2, 0.25) is 0 Å². The molecule has 1 atom stereocenters. The van der Waals surface area contributed by atoms with Gasteiger partial charge in [-0.2, -0.15) is 23.5 Å². The van der Waals surface area contributed by atoms with Gasteiger partial charge in [-0.1, -0.05) is 0 Å². The molecule has 0 radical (unpaired) electrons. The molecule has 7 heteroatoms. The Bertz CT molecular complexity index is 626. The van der Waals surface area contributed by atoms with Crippen LogP contribution in [0.2, 0.25) is 0 Å². The average Bonchev–Trinajstić information content (AvgIpc) is 2.91. The van der Waals surface area contributed by atoms with E-state index in [-0.39, 0.29) is 11.6 Å². The van der Waals surface area contributed by atoms with Gasteiger partial charge in [0.15, 0.2) is 0 Å². The predicted molar refractivity (Wildman–Crippen MR) is 66.8 cm³/mol. The maximum absolute atomic E-state index is 12.6. The van der Waals surface area contributed by atoms with Gasteiger partial charge in [0.05, 0.1) is 29.1 Å². The molecule has 1 aromatic heterocycles. The van der Waals surface area contributed by atoms with E-state index in [4.69, 9.17) is 5.26 Å². The van der Waals surface area contributed by atoms with E-state index in [1.807, 2.05) is 6.92 Å². The Kier molecular flexibility index (Phi) is 3.66. The van der Waals surface area contributed by atoms with Crippen molar-refractivity contribution in [1.29, 1.82) is 5.26 Å². The number of aromatic amines is 1. The van der Waals surface area contributed by atoms with E-state index in [0.29, 0.717) is 5.69 Å². The van der Waals surface area contributed by atoms with Gasteiger partial charge < -0.3 is 5.32 Å². The number of anilines is 1. The Labute approximate surface area is 113 Å². The Morgan fingerprint density at radius 2 is 2.15 bits per heavy atom. The first kappa shape index (κ1) is 13.9. The number of benzene rings is 1. The molecule has 1 heterocycles. The van der Waals surface area contributed by atoms with Crippen molar-refractivity contribution in [2.45, 2.75) is 19.1 Å². The van der Waals surface area contributed by atoms with E-state index >= 15 is 0 Å². The van der Waals surface area contributed by atoms with Crippen molar-refractivity contribution in [1.82, 2.24) is 10.2 Å². The molecule has 0 fully saturated rings. The first-order chi connectivity index (χ1) is 9.41. The molecule has 0 amide bonds. The monoisotopic (exact) mass is 280 g/mol. The molecule has 2 N–H and O–H groups in total. The van der Waals surface area contributed by atoms with Gasteiger partial charge in [-0.25, -0.2) is 0 Å². The zero-order valence-electron chi connectivity index (χ0n) is 10.5. The molecule has 0 aliphatic carbocycles. The number of nitrogens with zero attached hydrogens (tertiary/aromatic N) is 2. The summed E-state index contributed by atoms with van der Waals surface area (Å²) in [5.74, 6) is 0. The SMILES string of the molecule is CC(Nc1ccc(C(F)(F)F)cc1C#N)c1cn[nH]c1. The van der Waals surface area contributed by atoms with E-state index in [0.717, 1.165) is 17.7 Å². The number of hydrogen-bond donors (Lipinski definition) is 2. The quantitative estimate of drug-likeness (QED) is 0.904. The Hall–Kier alpha value is -2.49. The van der Waals surface area contributed by atoms with Crippen molar-refractivity contribution in [3.8, 4) is 6.07 Å². The summed E-state index contributed by atoms with van der Waals surface area (Å²) in [7, 11) is 0. The molecular formula is C13H11F3N4. The van der Waals surface area contributed by atoms with Crippen LogP contribution in [0.4, 0.5) is 18.9 Å². The van der Waals surface area contributed by atoms with E-state index in [1.54, 1.807) is 18.5 Å². The van der Waals surface area contributed by atoms with Crippen molar-refractivity contribution in [2.24, 2.45) is 0 Å². The first-order valence-electron chi connectivity index (χ1n) is 5.78. The first-order valence-corrected chi connectivity index (χ1v) is 5.78. The molecule has 0 aliphatic rings. The van der Waals surface area contributed by atoms with Crippen LogP contribution in [0.5, 0.6) is 0 Å². The highest BCUT2D eigenvalue weighted by Crippen LogP contribution is 2.32. The number of halogens is 3. The van der Waals surface area contributed by atoms with Crippen LogP contribution in [-0.2, 0) is 6.18 Å². The number of hydrogen-bond acceptors (Lipinski definition) is 3. The summed E-state index contributed by atoms with van der Waals surface area (Å²) in [6, 6.07) is 4.64. The smallest absolute Gasteiger partial charge is 0.377 e. The van der Waals surface area contributed by atoms with Crippen LogP contribution >= 0.6 is 0 Å². The Morgan fingerprint density at radius 1 is 1.40 bits per heavy atom. The zero-order chi connectivity index (χ0) is 14.8. The largest absolute Gasteiger partial charge is 0.416 e. The number of nitriles is 1. The lowest BCUT2D eigenvalue weighted by atomic mass is 10.1. The molecule has 1 aromatic carbocycles. The van der Waals surface area contributed by atoms with Crippen molar-refractivity contribution in [3.63, 3.8) is 0 Å². The van der Waals surface area contributed by atoms with Crippen LogP contribution < -0.4 is 5.32 Å². The van der Waals surface area contributed by atoms with E-state index in [1.165, 1.54) is 6.07 Å². The van der Waals surface area contributed by atoms with Crippen molar-refractivity contribution in [3.05, 3.63) is 47.3 Å². The molecule has 0 aliphatic heterocycles. The highest BCUT2D eigenvalue weighted by Gasteiger charge is 2.31. The minimum absolute atomic E-state index is 0.0461. The second-order valence-electron chi connectivity index (χ2n) is 4.27. The van der Waals surface area contributed by atoms with Gasteiger partial charge in [-0.3, -0.25) is 5.10 Å². The topological polar surface area (TPSA) is 64.5 Å². The summed E-state index contributed by atoms with van der Waals surface area (Å²) >= 11 is 0. The summed E-state index contributed by atoms with van der Waals surface area (Å²) in [5.41, 5.74) is 0.314. The molecule has 20 heavy (non-hydrogen) atoms.